The third-order valence-corrected chi connectivity index (χ3v) is 5.92. The molecule has 0 radical (unpaired) electrons. The summed E-state index contributed by atoms with van der Waals surface area (Å²) in [7, 11) is 0. The van der Waals surface area contributed by atoms with E-state index in [1.807, 2.05) is 6.07 Å². The number of nitrogens with zero attached hydrogens (tertiary/aromatic N) is 3. The van der Waals surface area contributed by atoms with Gasteiger partial charge in [0.15, 0.2) is 5.65 Å². The number of nitrogens with one attached hydrogen (secondary N) is 1. The number of aromatic nitrogens is 3. The van der Waals surface area contributed by atoms with Gasteiger partial charge in [0.05, 0.1) is 5.69 Å². The average molecular weight is 320 g/mol. The van der Waals surface area contributed by atoms with Gasteiger partial charge in [0.25, 0.3) is 5.56 Å². The first kappa shape index (κ1) is 14.0. The van der Waals surface area contributed by atoms with E-state index in [0.717, 1.165) is 24.7 Å². The molecule has 0 amide bonds. The summed E-state index contributed by atoms with van der Waals surface area (Å²) in [6.45, 7) is 1.82. The zero-order valence-electron chi connectivity index (χ0n) is 13.5. The van der Waals surface area contributed by atoms with Crippen molar-refractivity contribution < 1.29 is 0 Å². The van der Waals surface area contributed by atoms with Crippen LogP contribution in [-0.2, 0) is 12.1 Å². The fourth-order valence-electron chi connectivity index (χ4n) is 4.70. The van der Waals surface area contributed by atoms with Gasteiger partial charge in [0.1, 0.15) is 0 Å². The lowest BCUT2D eigenvalue weighted by atomic mass is 9.63. The van der Waals surface area contributed by atoms with Crippen LogP contribution in [0.2, 0.25) is 0 Å². The summed E-state index contributed by atoms with van der Waals surface area (Å²) in [4.78, 5) is 19.4. The quantitative estimate of drug-likeness (QED) is 0.807. The average Bonchev–Trinajstić information content (AvgIpc) is 3.12. The van der Waals surface area contributed by atoms with E-state index in [0.29, 0.717) is 5.65 Å². The highest BCUT2D eigenvalue weighted by Gasteiger charge is 2.55. The molecule has 0 unspecified atom stereocenters. The second-order valence-electron chi connectivity index (χ2n) is 6.98. The Morgan fingerprint density at radius 1 is 1.21 bits per heavy atom. The summed E-state index contributed by atoms with van der Waals surface area (Å²) in [6, 6.07) is 14.3. The van der Waals surface area contributed by atoms with Gasteiger partial charge in [-0.1, -0.05) is 30.3 Å². The molecule has 2 aromatic heterocycles. The third-order valence-electron chi connectivity index (χ3n) is 5.92. The maximum Gasteiger partial charge on any atom is 0.272 e. The van der Waals surface area contributed by atoms with E-state index >= 15 is 0 Å². The standard InChI is InChI=1S/C19H20N4O/c24-18-12-16(21-17-7-10-20-23(17)18)13-22-11-8-15-6-9-19(15,22)14-4-2-1-3-5-14/h1-5,7,10,12,15,20H,6,8-9,11,13H2/t15-,19+/m0/s1. The molecule has 122 valence electrons. The van der Waals surface area contributed by atoms with E-state index in [9.17, 15) is 4.79 Å². The lowest BCUT2D eigenvalue weighted by Crippen LogP contribution is -2.51. The molecule has 0 spiro atoms. The van der Waals surface area contributed by atoms with Crippen molar-refractivity contribution in [1.29, 1.82) is 0 Å². The number of hydrogen-bond donors (Lipinski definition) is 1. The lowest BCUT2D eigenvalue weighted by molar-refractivity contribution is 0.00785. The molecule has 1 saturated carbocycles. The van der Waals surface area contributed by atoms with Gasteiger partial charge in [-0.3, -0.25) is 14.8 Å². The van der Waals surface area contributed by atoms with Crippen molar-refractivity contribution in [2.75, 3.05) is 6.54 Å². The Kier molecular flexibility index (Phi) is 2.94. The summed E-state index contributed by atoms with van der Waals surface area (Å²) in [5.74, 6) is 0.733. The Labute approximate surface area is 139 Å². The molecule has 2 aliphatic rings. The first-order valence-corrected chi connectivity index (χ1v) is 8.64. The molecule has 5 heteroatoms. The van der Waals surface area contributed by atoms with Crippen LogP contribution in [0, 0.1) is 5.92 Å². The topological polar surface area (TPSA) is 53.4 Å². The number of aromatic amines is 1. The van der Waals surface area contributed by atoms with Crippen molar-refractivity contribution >= 4 is 5.65 Å². The van der Waals surface area contributed by atoms with Gasteiger partial charge in [-0.25, -0.2) is 9.50 Å². The largest absolute Gasteiger partial charge is 0.297 e. The van der Waals surface area contributed by atoms with Crippen LogP contribution in [0.5, 0.6) is 0 Å². The van der Waals surface area contributed by atoms with Crippen molar-refractivity contribution in [1.82, 2.24) is 19.5 Å². The van der Waals surface area contributed by atoms with E-state index in [1.165, 1.54) is 29.3 Å². The summed E-state index contributed by atoms with van der Waals surface area (Å²) in [5.41, 5.74) is 3.07. The molecule has 1 aliphatic carbocycles. The number of benzene rings is 1. The molecular formula is C19H20N4O. The minimum atomic E-state index is -0.0434. The summed E-state index contributed by atoms with van der Waals surface area (Å²) >= 11 is 0. The van der Waals surface area contributed by atoms with Crippen molar-refractivity contribution in [2.24, 2.45) is 5.92 Å². The SMILES string of the molecule is O=c1cc(CN2CC[C@@H]3CC[C@@]32c2ccccc2)nc2cc[nH]n12. The molecule has 1 saturated heterocycles. The van der Waals surface area contributed by atoms with Gasteiger partial charge in [0, 0.05) is 30.4 Å². The molecular weight excluding hydrogens is 300 g/mol. The van der Waals surface area contributed by atoms with Crippen molar-refractivity contribution in [2.45, 2.75) is 31.3 Å². The first-order chi connectivity index (χ1) is 11.8. The van der Waals surface area contributed by atoms with E-state index in [2.05, 4.69) is 45.3 Å². The highest BCUT2D eigenvalue weighted by Crippen LogP contribution is 2.57. The van der Waals surface area contributed by atoms with Crippen molar-refractivity contribution in [3.05, 3.63) is 70.3 Å². The van der Waals surface area contributed by atoms with Crippen LogP contribution in [0.15, 0.2) is 53.5 Å². The number of likely N-dealkylation sites (tertiary alicyclic amines) is 1. The molecule has 24 heavy (non-hydrogen) atoms. The Bertz CT molecular complexity index is 945. The molecule has 0 bridgehead atoms. The maximum atomic E-state index is 12.2. The van der Waals surface area contributed by atoms with Crippen LogP contribution in [0.1, 0.15) is 30.5 Å². The summed E-state index contributed by atoms with van der Waals surface area (Å²) in [5, 5.41) is 2.90. The monoisotopic (exact) mass is 320 g/mol. The molecule has 3 heterocycles. The zero-order chi connectivity index (χ0) is 16.1. The summed E-state index contributed by atoms with van der Waals surface area (Å²) in [6.07, 6.45) is 5.49. The number of hydrogen-bond acceptors (Lipinski definition) is 3. The van der Waals surface area contributed by atoms with Gasteiger partial charge in [-0.05, 0) is 37.3 Å². The Morgan fingerprint density at radius 2 is 2.08 bits per heavy atom. The first-order valence-electron chi connectivity index (χ1n) is 8.64. The molecule has 5 nitrogen and oxygen atoms in total. The maximum absolute atomic E-state index is 12.2. The van der Waals surface area contributed by atoms with E-state index in [4.69, 9.17) is 0 Å². The van der Waals surface area contributed by atoms with Gasteiger partial charge >= 0.3 is 0 Å². The number of H-pyrrole nitrogens is 1. The van der Waals surface area contributed by atoms with Gasteiger partial charge in [-0.15, -0.1) is 0 Å². The van der Waals surface area contributed by atoms with Crippen LogP contribution < -0.4 is 5.56 Å². The van der Waals surface area contributed by atoms with E-state index < -0.39 is 0 Å². The van der Waals surface area contributed by atoms with E-state index in [1.54, 1.807) is 12.3 Å². The van der Waals surface area contributed by atoms with Crippen LogP contribution in [0.25, 0.3) is 5.65 Å². The van der Waals surface area contributed by atoms with Crippen molar-refractivity contribution in [3.63, 3.8) is 0 Å². The minimum absolute atomic E-state index is 0.0434. The van der Waals surface area contributed by atoms with Crippen LogP contribution in [-0.4, -0.2) is 26.0 Å². The fourth-order valence-corrected chi connectivity index (χ4v) is 4.70. The normalized spacial score (nSPS) is 26.4. The van der Waals surface area contributed by atoms with E-state index in [-0.39, 0.29) is 11.1 Å². The van der Waals surface area contributed by atoms with Gasteiger partial charge < -0.3 is 0 Å². The second-order valence-corrected chi connectivity index (χ2v) is 6.98. The predicted molar refractivity (Wildman–Crippen MR) is 91.7 cm³/mol. The number of rotatable bonds is 3. The zero-order valence-corrected chi connectivity index (χ0v) is 13.5. The Balaban J connectivity index is 1.52. The highest BCUT2D eigenvalue weighted by molar-refractivity contribution is 5.37. The minimum Gasteiger partial charge on any atom is -0.297 e. The van der Waals surface area contributed by atoms with Gasteiger partial charge in [0.2, 0.25) is 0 Å². The molecule has 3 aromatic rings. The molecule has 5 rings (SSSR count). The van der Waals surface area contributed by atoms with Crippen molar-refractivity contribution in [3.8, 4) is 0 Å². The molecule has 2 atom stereocenters. The van der Waals surface area contributed by atoms with Crippen LogP contribution in [0.3, 0.4) is 0 Å². The highest BCUT2D eigenvalue weighted by atomic mass is 16.1. The smallest absolute Gasteiger partial charge is 0.272 e. The lowest BCUT2D eigenvalue weighted by Gasteiger charge is -2.50. The second kappa shape index (κ2) is 5.05. The fraction of sp³-hybridized carbons (Fsp3) is 0.368. The predicted octanol–water partition coefficient (Wildman–Crippen LogP) is 2.53. The molecule has 2 fully saturated rings. The van der Waals surface area contributed by atoms with Crippen LogP contribution in [0.4, 0.5) is 0 Å². The van der Waals surface area contributed by atoms with Crippen LogP contribution >= 0.6 is 0 Å². The van der Waals surface area contributed by atoms with Gasteiger partial charge in [-0.2, -0.15) is 0 Å². The summed E-state index contributed by atoms with van der Waals surface area (Å²) < 4.78 is 1.48. The molecule has 1 N–H and O–H groups in total. The molecule has 1 aliphatic heterocycles. The third kappa shape index (κ3) is 1.85. The Hall–Kier alpha value is -2.40. The Morgan fingerprint density at radius 3 is 2.88 bits per heavy atom. The molecule has 1 aromatic carbocycles. The number of fused-ring (bicyclic) bond motifs is 2.